The van der Waals surface area contributed by atoms with Gasteiger partial charge in [-0.05, 0) is 18.2 Å². The lowest BCUT2D eigenvalue weighted by Crippen LogP contribution is -2.40. The van der Waals surface area contributed by atoms with Crippen LogP contribution in [0, 0.1) is 0 Å². The van der Waals surface area contributed by atoms with Crippen molar-refractivity contribution in [3.8, 4) is 11.5 Å². The summed E-state index contributed by atoms with van der Waals surface area (Å²) >= 11 is 0. The molecule has 1 heterocycles. The molecule has 0 radical (unpaired) electrons. The van der Waals surface area contributed by atoms with Crippen molar-refractivity contribution in [1.82, 2.24) is 4.90 Å². The van der Waals surface area contributed by atoms with Gasteiger partial charge in [-0.1, -0.05) is 0 Å². The average Bonchev–Trinajstić information content (AvgIpc) is 2.49. The molecule has 0 aliphatic carbocycles. The summed E-state index contributed by atoms with van der Waals surface area (Å²) in [6.07, 6.45) is 0. The number of rotatable bonds is 5. The molecule has 1 saturated heterocycles. The smallest absolute Gasteiger partial charge is 0.124 e. The van der Waals surface area contributed by atoms with E-state index in [0.717, 1.165) is 30.2 Å². The zero-order chi connectivity index (χ0) is 13.7. The first-order chi connectivity index (χ1) is 9.30. The minimum atomic E-state index is -0.0889. The van der Waals surface area contributed by atoms with Gasteiger partial charge in [-0.2, -0.15) is 0 Å². The summed E-state index contributed by atoms with van der Waals surface area (Å²) in [4.78, 5) is 2.21. The average molecular weight is 267 g/mol. The first-order valence-corrected chi connectivity index (χ1v) is 6.44. The zero-order valence-corrected chi connectivity index (χ0v) is 11.5. The molecular weight excluding hydrogens is 246 g/mol. The van der Waals surface area contributed by atoms with Gasteiger partial charge in [0, 0.05) is 18.7 Å². The Hall–Kier alpha value is -1.30. The van der Waals surface area contributed by atoms with Gasteiger partial charge >= 0.3 is 0 Å². The lowest BCUT2D eigenvalue weighted by molar-refractivity contribution is 0.00201. The van der Waals surface area contributed by atoms with Crippen LogP contribution in [0.15, 0.2) is 18.2 Å². The maximum atomic E-state index is 9.74. The summed E-state index contributed by atoms with van der Waals surface area (Å²) in [5.74, 6) is 1.54. The molecule has 5 nitrogen and oxygen atoms in total. The molecule has 0 aromatic heterocycles. The minimum Gasteiger partial charge on any atom is -0.497 e. The van der Waals surface area contributed by atoms with E-state index in [1.807, 2.05) is 18.2 Å². The topological polar surface area (TPSA) is 51.2 Å². The number of aliphatic hydroxyl groups excluding tert-OH is 1. The fourth-order valence-electron chi connectivity index (χ4n) is 2.40. The summed E-state index contributed by atoms with van der Waals surface area (Å²) in [5.41, 5.74) is 0.950. The highest BCUT2D eigenvalue weighted by Crippen LogP contribution is 2.32. The molecule has 0 bridgehead atoms. The normalized spacial score (nSPS) is 18.1. The predicted molar refractivity (Wildman–Crippen MR) is 71.8 cm³/mol. The van der Waals surface area contributed by atoms with E-state index in [4.69, 9.17) is 14.2 Å². The molecule has 1 aromatic carbocycles. The van der Waals surface area contributed by atoms with Crippen molar-refractivity contribution in [3.63, 3.8) is 0 Å². The predicted octanol–water partition coefficient (Wildman–Crippen LogP) is 1.07. The highest BCUT2D eigenvalue weighted by molar-refractivity contribution is 5.42. The number of hydrogen-bond acceptors (Lipinski definition) is 5. The van der Waals surface area contributed by atoms with Crippen LogP contribution in [0.4, 0.5) is 0 Å². The summed E-state index contributed by atoms with van der Waals surface area (Å²) < 4.78 is 16.0. The Balaban J connectivity index is 2.29. The van der Waals surface area contributed by atoms with Crippen molar-refractivity contribution < 1.29 is 19.3 Å². The number of hydrogen-bond donors (Lipinski definition) is 1. The van der Waals surface area contributed by atoms with Crippen LogP contribution < -0.4 is 9.47 Å². The van der Waals surface area contributed by atoms with Crippen LogP contribution >= 0.6 is 0 Å². The van der Waals surface area contributed by atoms with Gasteiger partial charge < -0.3 is 19.3 Å². The summed E-state index contributed by atoms with van der Waals surface area (Å²) in [7, 11) is 3.27. The highest BCUT2D eigenvalue weighted by Gasteiger charge is 2.25. The molecule has 0 saturated carbocycles. The van der Waals surface area contributed by atoms with Crippen LogP contribution in [0.25, 0.3) is 0 Å². The van der Waals surface area contributed by atoms with Crippen LogP contribution in [-0.4, -0.2) is 57.1 Å². The summed E-state index contributed by atoms with van der Waals surface area (Å²) in [5, 5.41) is 9.74. The fourth-order valence-corrected chi connectivity index (χ4v) is 2.40. The molecule has 1 atom stereocenters. The van der Waals surface area contributed by atoms with Gasteiger partial charge in [-0.3, -0.25) is 4.90 Å². The first kappa shape index (κ1) is 14.1. The maximum absolute atomic E-state index is 9.74. The molecule has 0 amide bonds. The molecule has 0 spiro atoms. The van der Waals surface area contributed by atoms with Crippen LogP contribution in [0.3, 0.4) is 0 Å². The second kappa shape index (κ2) is 6.75. The van der Waals surface area contributed by atoms with E-state index < -0.39 is 0 Å². The number of methoxy groups -OCH3 is 2. The van der Waals surface area contributed by atoms with Gasteiger partial charge in [0.05, 0.1) is 40.1 Å². The third-order valence-corrected chi connectivity index (χ3v) is 3.46. The monoisotopic (exact) mass is 267 g/mol. The van der Waals surface area contributed by atoms with Crippen LogP contribution in [-0.2, 0) is 4.74 Å². The van der Waals surface area contributed by atoms with Crippen LogP contribution in [0.2, 0.25) is 0 Å². The van der Waals surface area contributed by atoms with Gasteiger partial charge in [0.1, 0.15) is 11.5 Å². The van der Waals surface area contributed by atoms with Crippen LogP contribution in [0.1, 0.15) is 11.6 Å². The number of morpholine rings is 1. The third-order valence-electron chi connectivity index (χ3n) is 3.46. The summed E-state index contributed by atoms with van der Waals surface area (Å²) in [6, 6.07) is 5.57. The molecule has 1 unspecified atom stereocenters. The van der Waals surface area contributed by atoms with Crippen molar-refractivity contribution in [2.24, 2.45) is 0 Å². The maximum Gasteiger partial charge on any atom is 0.124 e. The van der Waals surface area contributed by atoms with E-state index in [0.29, 0.717) is 13.2 Å². The lowest BCUT2D eigenvalue weighted by Gasteiger charge is -2.34. The van der Waals surface area contributed by atoms with E-state index in [-0.39, 0.29) is 12.6 Å². The van der Waals surface area contributed by atoms with E-state index in [2.05, 4.69) is 4.90 Å². The van der Waals surface area contributed by atoms with Crippen molar-refractivity contribution in [2.75, 3.05) is 47.1 Å². The molecule has 1 aliphatic heterocycles. The molecule has 2 rings (SSSR count). The largest absolute Gasteiger partial charge is 0.497 e. The van der Waals surface area contributed by atoms with E-state index in [1.54, 1.807) is 14.2 Å². The highest BCUT2D eigenvalue weighted by atomic mass is 16.5. The number of nitrogens with zero attached hydrogens (tertiary/aromatic N) is 1. The second-order valence-corrected chi connectivity index (χ2v) is 4.45. The zero-order valence-electron chi connectivity index (χ0n) is 11.5. The van der Waals surface area contributed by atoms with Crippen molar-refractivity contribution in [3.05, 3.63) is 23.8 Å². The Labute approximate surface area is 113 Å². The molecule has 5 heteroatoms. The quantitative estimate of drug-likeness (QED) is 0.865. The number of ether oxygens (including phenoxy) is 3. The molecule has 1 fully saturated rings. The van der Waals surface area contributed by atoms with Crippen molar-refractivity contribution in [2.45, 2.75) is 6.04 Å². The standard InChI is InChI=1S/C14H21NO4/c1-17-11-3-4-14(18-2)12(9-11)13(10-16)15-5-7-19-8-6-15/h3-4,9,13,16H,5-8,10H2,1-2H3. The van der Waals surface area contributed by atoms with Gasteiger partial charge in [0.25, 0.3) is 0 Å². The van der Waals surface area contributed by atoms with Gasteiger partial charge in [-0.15, -0.1) is 0 Å². The molecule has 1 N–H and O–H groups in total. The Morgan fingerprint density at radius 3 is 2.58 bits per heavy atom. The molecule has 1 aromatic rings. The Kier molecular flexibility index (Phi) is 5.01. The number of benzene rings is 1. The second-order valence-electron chi connectivity index (χ2n) is 4.45. The third kappa shape index (κ3) is 3.18. The van der Waals surface area contributed by atoms with E-state index >= 15 is 0 Å². The lowest BCUT2D eigenvalue weighted by atomic mass is 10.0. The Bertz CT molecular complexity index is 404. The first-order valence-electron chi connectivity index (χ1n) is 6.44. The van der Waals surface area contributed by atoms with Gasteiger partial charge in [-0.25, -0.2) is 0 Å². The van der Waals surface area contributed by atoms with Crippen molar-refractivity contribution in [1.29, 1.82) is 0 Å². The molecular formula is C14H21NO4. The van der Waals surface area contributed by atoms with Crippen LogP contribution in [0.5, 0.6) is 11.5 Å². The Morgan fingerprint density at radius 2 is 2.00 bits per heavy atom. The molecule has 1 aliphatic rings. The Morgan fingerprint density at radius 1 is 1.26 bits per heavy atom. The summed E-state index contributed by atoms with van der Waals surface area (Å²) in [6.45, 7) is 3.06. The van der Waals surface area contributed by atoms with E-state index in [9.17, 15) is 5.11 Å². The van der Waals surface area contributed by atoms with Crippen molar-refractivity contribution >= 4 is 0 Å². The van der Waals surface area contributed by atoms with E-state index in [1.165, 1.54) is 0 Å². The van der Waals surface area contributed by atoms with Gasteiger partial charge in [0.15, 0.2) is 0 Å². The molecule has 106 valence electrons. The number of aliphatic hydroxyl groups is 1. The SMILES string of the molecule is COc1ccc(OC)c(C(CO)N2CCOCC2)c1. The fraction of sp³-hybridized carbons (Fsp3) is 0.571. The minimum absolute atomic E-state index is 0.0452. The van der Waals surface area contributed by atoms with Gasteiger partial charge in [0.2, 0.25) is 0 Å². The molecule has 19 heavy (non-hydrogen) atoms.